The van der Waals surface area contributed by atoms with Gasteiger partial charge in [0.1, 0.15) is 6.26 Å². The van der Waals surface area contributed by atoms with Gasteiger partial charge in [0, 0.05) is 12.1 Å². The van der Waals surface area contributed by atoms with Crippen molar-refractivity contribution >= 4 is 11.9 Å². The molecular formula is C12H16N2O4. The molecule has 2 N–H and O–H groups in total. The lowest BCUT2D eigenvalue weighted by Crippen LogP contribution is -2.39. The largest absolute Gasteiger partial charge is 0.481 e. The molecule has 0 aromatic carbocycles. The summed E-state index contributed by atoms with van der Waals surface area (Å²) in [5.41, 5.74) is 0.603. The summed E-state index contributed by atoms with van der Waals surface area (Å²) >= 11 is 0. The van der Waals surface area contributed by atoms with Crippen LogP contribution in [-0.2, 0) is 16.0 Å². The second kappa shape index (κ2) is 5.66. The Hall–Kier alpha value is -1.85. The average molecular weight is 252 g/mol. The van der Waals surface area contributed by atoms with Crippen LogP contribution in [0.2, 0.25) is 0 Å². The van der Waals surface area contributed by atoms with Gasteiger partial charge < -0.3 is 14.9 Å². The van der Waals surface area contributed by atoms with Gasteiger partial charge in [-0.05, 0) is 25.7 Å². The lowest BCUT2D eigenvalue weighted by molar-refractivity contribution is -0.142. The average Bonchev–Trinajstić information content (AvgIpc) is 2.82. The number of nitrogens with one attached hydrogen (secondary N) is 1. The van der Waals surface area contributed by atoms with Crippen molar-refractivity contribution in [1.82, 2.24) is 10.5 Å². The van der Waals surface area contributed by atoms with E-state index in [0.717, 1.165) is 12.8 Å². The fourth-order valence-electron chi connectivity index (χ4n) is 2.26. The quantitative estimate of drug-likeness (QED) is 0.833. The summed E-state index contributed by atoms with van der Waals surface area (Å²) in [6.07, 6.45) is 4.34. The van der Waals surface area contributed by atoms with Gasteiger partial charge in [0.2, 0.25) is 5.91 Å². The number of nitrogens with zero attached hydrogens (tertiary/aromatic N) is 1. The normalized spacial score (nSPS) is 23.6. The number of rotatable bonds is 4. The Balaban J connectivity index is 1.74. The monoisotopic (exact) mass is 252 g/mol. The first-order chi connectivity index (χ1) is 8.65. The molecular weight excluding hydrogens is 236 g/mol. The Bertz CT molecular complexity index is 408. The van der Waals surface area contributed by atoms with Crippen molar-refractivity contribution in [3.8, 4) is 0 Å². The third kappa shape index (κ3) is 3.32. The summed E-state index contributed by atoms with van der Waals surface area (Å²) in [5, 5.41) is 15.4. The van der Waals surface area contributed by atoms with Crippen molar-refractivity contribution in [1.29, 1.82) is 0 Å². The van der Waals surface area contributed by atoms with E-state index in [2.05, 4.69) is 15.0 Å². The molecule has 1 aliphatic carbocycles. The smallest absolute Gasteiger partial charge is 0.306 e. The zero-order valence-electron chi connectivity index (χ0n) is 9.96. The van der Waals surface area contributed by atoms with Crippen molar-refractivity contribution in [2.45, 2.75) is 38.1 Å². The molecule has 1 saturated carbocycles. The molecule has 1 aliphatic rings. The van der Waals surface area contributed by atoms with Crippen LogP contribution in [0.5, 0.6) is 0 Å². The predicted octanol–water partition coefficient (Wildman–Crippen LogP) is 0.977. The maximum Gasteiger partial charge on any atom is 0.306 e. The maximum absolute atomic E-state index is 11.7. The van der Waals surface area contributed by atoms with Gasteiger partial charge in [0.25, 0.3) is 0 Å². The van der Waals surface area contributed by atoms with Gasteiger partial charge in [0.05, 0.1) is 18.0 Å². The molecule has 2 rings (SSSR count). The maximum atomic E-state index is 11.7. The highest BCUT2D eigenvalue weighted by Gasteiger charge is 2.26. The van der Waals surface area contributed by atoms with Gasteiger partial charge in [-0.25, -0.2) is 0 Å². The Morgan fingerprint density at radius 1 is 1.39 bits per heavy atom. The lowest BCUT2D eigenvalue weighted by atomic mass is 9.86. The third-order valence-electron chi connectivity index (χ3n) is 3.27. The zero-order chi connectivity index (χ0) is 13.0. The van der Waals surface area contributed by atoms with Gasteiger partial charge >= 0.3 is 5.97 Å². The number of carbonyl (C=O) groups is 2. The van der Waals surface area contributed by atoms with Crippen LogP contribution in [-0.4, -0.2) is 28.2 Å². The Kier molecular flexibility index (Phi) is 3.96. The molecule has 1 fully saturated rings. The second-order valence-electron chi connectivity index (χ2n) is 4.62. The molecule has 0 spiro atoms. The Morgan fingerprint density at radius 2 is 2.11 bits per heavy atom. The number of aliphatic carboxylic acids is 1. The number of carboxylic acid groups (broad SMARTS) is 1. The van der Waals surface area contributed by atoms with Gasteiger partial charge in [0.15, 0.2) is 0 Å². The molecule has 0 atom stereocenters. The van der Waals surface area contributed by atoms with Gasteiger partial charge in [-0.1, -0.05) is 5.16 Å². The van der Waals surface area contributed by atoms with Gasteiger partial charge in [-0.15, -0.1) is 0 Å². The number of hydrogen-bond donors (Lipinski definition) is 2. The standard InChI is InChI=1S/C12H16N2O4/c15-11(7-10-5-6-18-14-10)13-9-3-1-8(2-4-9)12(16)17/h5-6,8-9H,1-4,7H2,(H,13,15)(H,16,17). The molecule has 0 saturated heterocycles. The second-order valence-corrected chi connectivity index (χ2v) is 4.62. The van der Waals surface area contributed by atoms with E-state index in [4.69, 9.17) is 5.11 Å². The number of amides is 1. The molecule has 0 aliphatic heterocycles. The molecule has 98 valence electrons. The van der Waals surface area contributed by atoms with Gasteiger partial charge in [-0.3, -0.25) is 9.59 Å². The molecule has 18 heavy (non-hydrogen) atoms. The van der Waals surface area contributed by atoms with Crippen LogP contribution < -0.4 is 5.32 Å². The minimum Gasteiger partial charge on any atom is -0.481 e. The van der Waals surface area contributed by atoms with Crippen molar-refractivity contribution in [2.24, 2.45) is 5.92 Å². The van der Waals surface area contributed by atoms with Gasteiger partial charge in [-0.2, -0.15) is 0 Å². The van der Waals surface area contributed by atoms with Crippen LogP contribution >= 0.6 is 0 Å². The van der Waals surface area contributed by atoms with Crippen LogP contribution in [0.15, 0.2) is 16.9 Å². The molecule has 0 unspecified atom stereocenters. The molecule has 6 heteroatoms. The summed E-state index contributed by atoms with van der Waals surface area (Å²) in [6, 6.07) is 1.74. The molecule has 1 amide bonds. The lowest BCUT2D eigenvalue weighted by Gasteiger charge is -2.26. The topological polar surface area (TPSA) is 92.4 Å². The Morgan fingerprint density at radius 3 is 2.67 bits per heavy atom. The van der Waals surface area contributed by atoms with E-state index in [9.17, 15) is 9.59 Å². The fourth-order valence-corrected chi connectivity index (χ4v) is 2.26. The van der Waals surface area contributed by atoms with E-state index >= 15 is 0 Å². The number of carbonyl (C=O) groups excluding carboxylic acids is 1. The van der Waals surface area contributed by atoms with Crippen LogP contribution in [0.1, 0.15) is 31.4 Å². The minimum absolute atomic E-state index is 0.0833. The van der Waals surface area contributed by atoms with E-state index < -0.39 is 5.97 Å². The number of hydrogen-bond acceptors (Lipinski definition) is 4. The zero-order valence-corrected chi connectivity index (χ0v) is 9.96. The molecule has 0 bridgehead atoms. The predicted molar refractivity (Wildman–Crippen MR) is 61.7 cm³/mol. The van der Waals surface area contributed by atoms with E-state index in [-0.39, 0.29) is 24.3 Å². The third-order valence-corrected chi connectivity index (χ3v) is 3.27. The summed E-state index contributed by atoms with van der Waals surface area (Å²) in [4.78, 5) is 22.5. The van der Waals surface area contributed by atoms with Crippen molar-refractivity contribution in [3.05, 3.63) is 18.0 Å². The highest BCUT2D eigenvalue weighted by atomic mass is 16.5. The minimum atomic E-state index is -0.734. The van der Waals surface area contributed by atoms with Crippen LogP contribution in [0.4, 0.5) is 0 Å². The first kappa shape index (κ1) is 12.6. The van der Waals surface area contributed by atoms with E-state index in [1.54, 1.807) is 6.07 Å². The molecule has 1 aromatic rings. The van der Waals surface area contributed by atoms with Crippen LogP contribution in [0, 0.1) is 5.92 Å². The van der Waals surface area contributed by atoms with E-state index in [1.807, 2.05) is 0 Å². The number of carboxylic acids is 1. The number of aromatic nitrogens is 1. The van der Waals surface area contributed by atoms with Crippen LogP contribution in [0.25, 0.3) is 0 Å². The fraction of sp³-hybridized carbons (Fsp3) is 0.583. The summed E-state index contributed by atoms with van der Waals surface area (Å²) < 4.78 is 4.65. The molecule has 0 radical (unpaired) electrons. The molecule has 6 nitrogen and oxygen atoms in total. The summed E-state index contributed by atoms with van der Waals surface area (Å²) in [5.74, 6) is -1.08. The summed E-state index contributed by atoms with van der Waals surface area (Å²) in [7, 11) is 0. The SMILES string of the molecule is O=C(Cc1ccon1)NC1CCC(C(=O)O)CC1. The first-order valence-corrected chi connectivity index (χ1v) is 6.06. The Labute approximate surface area is 104 Å². The van der Waals surface area contributed by atoms with E-state index in [0.29, 0.717) is 18.5 Å². The van der Waals surface area contributed by atoms with Crippen molar-refractivity contribution in [2.75, 3.05) is 0 Å². The highest BCUT2D eigenvalue weighted by molar-refractivity contribution is 5.78. The van der Waals surface area contributed by atoms with Crippen LogP contribution in [0.3, 0.4) is 0 Å². The summed E-state index contributed by atoms with van der Waals surface area (Å²) in [6.45, 7) is 0. The molecule has 1 heterocycles. The highest BCUT2D eigenvalue weighted by Crippen LogP contribution is 2.24. The van der Waals surface area contributed by atoms with Crippen molar-refractivity contribution < 1.29 is 19.2 Å². The molecule has 1 aromatic heterocycles. The van der Waals surface area contributed by atoms with E-state index in [1.165, 1.54) is 6.26 Å². The first-order valence-electron chi connectivity index (χ1n) is 6.06. The van der Waals surface area contributed by atoms with Crippen molar-refractivity contribution in [3.63, 3.8) is 0 Å².